The van der Waals surface area contributed by atoms with Gasteiger partial charge in [-0.2, -0.15) is 0 Å². The van der Waals surface area contributed by atoms with Crippen molar-refractivity contribution in [1.82, 2.24) is 4.90 Å². The van der Waals surface area contributed by atoms with Crippen LogP contribution in [-0.2, 0) is 4.79 Å². The Bertz CT molecular complexity index is 568. The first-order chi connectivity index (χ1) is 11.0. The second kappa shape index (κ2) is 9.44. The molecule has 2 unspecified atom stereocenters. The number of nitro benzene ring substituents is 1. The van der Waals surface area contributed by atoms with Crippen LogP contribution in [0.5, 0.6) is 0 Å². The quantitative estimate of drug-likeness (QED) is 0.602. The number of nitrogens with two attached hydrogens (primary N) is 1. The van der Waals surface area contributed by atoms with Gasteiger partial charge in [-0.3, -0.25) is 14.9 Å². The zero-order chi connectivity index (χ0) is 16.8. The van der Waals surface area contributed by atoms with Crippen molar-refractivity contribution in [1.29, 1.82) is 0 Å². The van der Waals surface area contributed by atoms with Gasteiger partial charge < -0.3 is 16.0 Å². The van der Waals surface area contributed by atoms with Crippen LogP contribution in [-0.4, -0.2) is 40.9 Å². The molecule has 1 aromatic carbocycles. The van der Waals surface area contributed by atoms with Crippen LogP contribution < -0.4 is 11.1 Å². The van der Waals surface area contributed by atoms with E-state index in [-0.39, 0.29) is 36.1 Å². The molecular formula is C16H25ClN4O3. The Morgan fingerprint density at radius 1 is 1.46 bits per heavy atom. The van der Waals surface area contributed by atoms with Crippen molar-refractivity contribution in [2.45, 2.75) is 44.7 Å². The smallest absolute Gasteiger partial charge is 0.292 e. The van der Waals surface area contributed by atoms with E-state index in [9.17, 15) is 14.9 Å². The topological polar surface area (TPSA) is 102 Å². The fourth-order valence-electron chi connectivity index (χ4n) is 3.04. The second-order valence-electron chi connectivity index (χ2n) is 5.96. The highest BCUT2D eigenvalue weighted by molar-refractivity contribution is 5.85. The van der Waals surface area contributed by atoms with Crippen LogP contribution in [0.4, 0.5) is 11.4 Å². The van der Waals surface area contributed by atoms with E-state index >= 15 is 0 Å². The number of piperidine rings is 1. The Morgan fingerprint density at radius 2 is 2.17 bits per heavy atom. The molecule has 0 aromatic heterocycles. The number of benzene rings is 1. The summed E-state index contributed by atoms with van der Waals surface area (Å²) in [5.41, 5.74) is 6.44. The molecule has 0 radical (unpaired) electrons. The molecule has 2 rings (SSSR count). The SMILES string of the molecule is CC(N)C1CCCCN1C(=O)CCNc1ccccc1[N+](=O)[O-].Cl. The number of nitrogens with one attached hydrogen (secondary N) is 1. The minimum atomic E-state index is -0.430. The highest BCUT2D eigenvalue weighted by Gasteiger charge is 2.28. The highest BCUT2D eigenvalue weighted by atomic mass is 35.5. The molecule has 0 saturated carbocycles. The van der Waals surface area contributed by atoms with Gasteiger partial charge in [-0.25, -0.2) is 0 Å². The van der Waals surface area contributed by atoms with E-state index in [0.29, 0.717) is 18.7 Å². The number of nitro groups is 1. The van der Waals surface area contributed by atoms with Crippen molar-refractivity contribution >= 4 is 29.7 Å². The largest absolute Gasteiger partial charge is 0.379 e. The molecule has 24 heavy (non-hydrogen) atoms. The molecular weight excluding hydrogens is 332 g/mol. The molecule has 3 N–H and O–H groups in total. The Balaban J connectivity index is 0.00000288. The van der Waals surface area contributed by atoms with Crippen molar-refractivity contribution in [2.75, 3.05) is 18.4 Å². The molecule has 1 aliphatic heterocycles. The molecule has 0 spiro atoms. The standard InChI is InChI=1S/C16H24N4O3.ClH/c1-12(17)14-7-4-5-11-19(14)16(21)9-10-18-13-6-2-3-8-15(13)20(22)23;/h2-3,6,8,12,14,18H,4-5,7,9-11,17H2,1H3;1H. The van der Waals surface area contributed by atoms with Crippen molar-refractivity contribution < 1.29 is 9.72 Å². The fraction of sp³-hybridized carbons (Fsp3) is 0.562. The lowest BCUT2D eigenvalue weighted by Gasteiger charge is -2.38. The van der Waals surface area contributed by atoms with Crippen LogP contribution in [0.2, 0.25) is 0 Å². The molecule has 0 aliphatic carbocycles. The number of amides is 1. The third-order valence-electron chi connectivity index (χ3n) is 4.23. The van der Waals surface area contributed by atoms with E-state index < -0.39 is 4.92 Å². The first-order valence-electron chi connectivity index (χ1n) is 8.03. The monoisotopic (exact) mass is 356 g/mol. The number of likely N-dealkylation sites (tertiary alicyclic amines) is 1. The number of halogens is 1. The number of hydrogen-bond donors (Lipinski definition) is 2. The molecule has 7 nitrogen and oxygen atoms in total. The number of hydrogen-bond acceptors (Lipinski definition) is 5. The second-order valence-corrected chi connectivity index (χ2v) is 5.96. The Hall–Kier alpha value is -1.86. The number of carbonyl (C=O) groups is 1. The van der Waals surface area contributed by atoms with Gasteiger partial charge in [0.25, 0.3) is 5.69 Å². The summed E-state index contributed by atoms with van der Waals surface area (Å²) in [5.74, 6) is 0.0538. The van der Waals surface area contributed by atoms with Crippen molar-refractivity contribution in [3.63, 3.8) is 0 Å². The minimum absolute atomic E-state index is 0. The molecule has 1 aliphatic rings. The molecule has 1 aromatic rings. The van der Waals surface area contributed by atoms with Gasteiger partial charge in [-0.05, 0) is 32.3 Å². The van der Waals surface area contributed by atoms with E-state index in [4.69, 9.17) is 5.73 Å². The van der Waals surface area contributed by atoms with Crippen LogP contribution in [0.25, 0.3) is 0 Å². The Kier molecular flexibility index (Phi) is 7.94. The number of para-hydroxylation sites is 2. The maximum Gasteiger partial charge on any atom is 0.292 e. The van der Waals surface area contributed by atoms with Gasteiger partial charge in [-0.1, -0.05) is 12.1 Å². The lowest BCUT2D eigenvalue weighted by Crippen LogP contribution is -2.51. The summed E-state index contributed by atoms with van der Waals surface area (Å²) in [4.78, 5) is 24.8. The van der Waals surface area contributed by atoms with Gasteiger partial charge in [0.05, 0.1) is 4.92 Å². The maximum absolute atomic E-state index is 12.4. The summed E-state index contributed by atoms with van der Waals surface area (Å²) < 4.78 is 0. The van der Waals surface area contributed by atoms with E-state index in [1.165, 1.54) is 6.07 Å². The summed E-state index contributed by atoms with van der Waals surface area (Å²) in [6, 6.07) is 6.50. The van der Waals surface area contributed by atoms with Crippen LogP contribution in [0.1, 0.15) is 32.6 Å². The van der Waals surface area contributed by atoms with Crippen molar-refractivity contribution in [3.8, 4) is 0 Å². The molecule has 1 saturated heterocycles. The predicted molar refractivity (Wildman–Crippen MR) is 96.5 cm³/mol. The van der Waals surface area contributed by atoms with Crippen LogP contribution >= 0.6 is 12.4 Å². The summed E-state index contributed by atoms with van der Waals surface area (Å²) in [5, 5.41) is 13.9. The number of nitrogens with zero attached hydrogens (tertiary/aromatic N) is 2. The fourth-order valence-corrected chi connectivity index (χ4v) is 3.04. The third-order valence-corrected chi connectivity index (χ3v) is 4.23. The van der Waals surface area contributed by atoms with Crippen molar-refractivity contribution in [3.05, 3.63) is 34.4 Å². The average molecular weight is 357 g/mol. The molecule has 1 fully saturated rings. The van der Waals surface area contributed by atoms with Gasteiger partial charge >= 0.3 is 0 Å². The van der Waals surface area contributed by atoms with Gasteiger partial charge in [0.15, 0.2) is 0 Å². The Labute approximate surface area is 148 Å². The zero-order valence-corrected chi connectivity index (χ0v) is 14.6. The van der Waals surface area contributed by atoms with Crippen LogP contribution in [0.15, 0.2) is 24.3 Å². The van der Waals surface area contributed by atoms with Gasteiger partial charge in [0.2, 0.25) is 5.91 Å². The van der Waals surface area contributed by atoms with E-state index in [0.717, 1.165) is 25.8 Å². The Morgan fingerprint density at radius 3 is 2.83 bits per heavy atom. The van der Waals surface area contributed by atoms with E-state index in [2.05, 4.69) is 5.32 Å². The number of anilines is 1. The van der Waals surface area contributed by atoms with Crippen molar-refractivity contribution in [2.24, 2.45) is 5.73 Å². The highest BCUT2D eigenvalue weighted by Crippen LogP contribution is 2.23. The number of rotatable bonds is 6. The maximum atomic E-state index is 12.4. The van der Waals surface area contributed by atoms with Crippen LogP contribution in [0, 0.1) is 10.1 Å². The van der Waals surface area contributed by atoms with E-state index in [1.54, 1.807) is 18.2 Å². The zero-order valence-electron chi connectivity index (χ0n) is 13.8. The third kappa shape index (κ3) is 5.07. The number of carbonyl (C=O) groups excluding carboxylic acids is 1. The molecule has 8 heteroatoms. The lowest BCUT2D eigenvalue weighted by atomic mass is 9.96. The van der Waals surface area contributed by atoms with Gasteiger partial charge in [0.1, 0.15) is 5.69 Å². The first kappa shape index (κ1) is 20.2. The average Bonchev–Trinajstić information content (AvgIpc) is 2.55. The molecule has 1 heterocycles. The molecule has 1 amide bonds. The summed E-state index contributed by atoms with van der Waals surface area (Å²) in [7, 11) is 0. The summed E-state index contributed by atoms with van der Waals surface area (Å²) in [6.45, 7) is 3.05. The molecule has 0 bridgehead atoms. The first-order valence-corrected chi connectivity index (χ1v) is 8.03. The van der Waals surface area contributed by atoms with Crippen LogP contribution in [0.3, 0.4) is 0 Å². The van der Waals surface area contributed by atoms with E-state index in [1.807, 2.05) is 11.8 Å². The normalized spacial score (nSPS) is 18.4. The lowest BCUT2D eigenvalue weighted by molar-refractivity contribution is -0.384. The molecule has 2 atom stereocenters. The summed E-state index contributed by atoms with van der Waals surface area (Å²) in [6.07, 6.45) is 3.35. The van der Waals surface area contributed by atoms with Gasteiger partial charge in [-0.15, -0.1) is 12.4 Å². The van der Waals surface area contributed by atoms with Gasteiger partial charge in [0, 0.05) is 37.7 Å². The summed E-state index contributed by atoms with van der Waals surface area (Å²) >= 11 is 0. The molecule has 134 valence electrons. The minimum Gasteiger partial charge on any atom is -0.379 e. The predicted octanol–water partition coefficient (Wildman–Crippen LogP) is 2.55.